The predicted octanol–water partition coefficient (Wildman–Crippen LogP) is 2.97. The highest BCUT2D eigenvalue weighted by Crippen LogP contribution is 2.40. The van der Waals surface area contributed by atoms with Crippen molar-refractivity contribution in [1.82, 2.24) is 15.5 Å². The van der Waals surface area contributed by atoms with E-state index >= 15 is 4.39 Å². The number of rotatable bonds is 10. The van der Waals surface area contributed by atoms with Crippen molar-refractivity contribution in [3.05, 3.63) is 76.8 Å². The number of hydrogen-bond donors (Lipinski definition) is 5. The summed E-state index contributed by atoms with van der Waals surface area (Å²) in [5.74, 6) is -2.52. The number of fused-ring (bicyclic) bond motifs is 1. The van der Waals surface area contributed by atoms with E-state index in [0.717, 1.165) is 0 Å². The molecule has 2 amide bonds. The number of halogens is 2. The molecular weight excluding hydrogens is 531 g/mol. The zero-order chi connectivity index (χ0) is 28.0. The second-order valence-corrected chi connectivity index (χ2v) is 9.94. The lowest BCUT2D eigenvalue weighted by atomic mass is 9.87. The number of carbonyl (C=O) groups is 3. The summed E-state index contributed by atoms with van der Waals surface area (Å²) in [7, 11) is 0. The fourth-order valence-corrected chi connectivity index (χ4v) is 4.86. The molecular formula is C27H32ClFN4O4S. The molecule has 1 aliphatic heterocycles. The van der Waals surface area contributed by atoms with Crippen LogP contribution in [0.4, 0.5) is 4.39 Å². The Labute approximate surface area is 231 Å². The maximum atomic E-state index is 15.0. The number of nitrogens with one attached hydrogen (secondary N) is 2. The largest absolute Gasteiger partial charge is 0.480 e. The van der Waals surface area contributed by atoms with E-state index in [9.17, 15) is 19.5 Å². The van der Waals surface area contributed by atoms with E-state index in [2.05, 4.69) is 29.8 Å². The van der Waals surface area contributed by atoms with Crippen LogP contribution in [0, 0.1) is 5.82 Å². The van der Waals surface area contributed by atoms with Gasteiger partial charge in [0.25, 0.3) is 0 Å². The van der Waals surface area contributed by atoms with Crippen molar-refractivity contribution in [3.8, 4) is 0 Å². The Balaban J connectivity index is 2.07. The topological polar surface area (TPSA) is 125 Å². The van der Waals surface area contributed by atoms with Gasteiger partial charge in [-0.3, -0.25) is 9.59 Å². The van der Waals surface area contributed by atoms with E-state index in [-0.39, 0.29) is 18.7 Å². The number of carboxylic acids is 1. The summed E-state index contributed by atoms with van der Waals surface area (Å²) in [5.41, 5.74) is 7.65. The lowest BCUT2D eigenvalue weighted by molar-refractivity contribution is -0.142. The number of amides is 2. The van der Waals surface area contributed by atoms with Gasteiger partial charge < -0.3 is 26.4 Å². The molecule has 0 aromatic heterocycles. The first kappa shape index (κ1) is 29.5. The first-order chi connectivity index (χ1) is 18.1. The maximum Gasteiger partial charge on any atom is 0.326 e. The lowest BCUT2D eigenvalue weighted by Crippen LogP contribution is -2.51. The van der Waals surface area contributed by atoms with Gasteiger partial charge in [0, 0.05) is 22.0 Å². The monoisotopic (exact) mass is 562 g/mol. The van der Waals surface area contributed by atoms with Crippen molar-refractivity contribution in [3.63, 3.8) is 0 Å². The lowest BCUT2D eigenvalue weighted by Gasteiger charge is -2.37. The molecule has 0 saturated carbocycles. The number of hydrogen-bond acceptors (Lipinski definition) is 6. The van der Waals surface area contributed by atoms with Crippen molar-refractivity contribution in [2.24, 2.45) is 5.73 Å². The molecule has 0 fully saturated rings. The number of nitrogens with zero attached hydrogens (tertiary/aromatic N) is 1. The molecule has 3 unspecified atom stereocenters. The molecule has 0 radical (unpaired) electrons. The number of thiol groups is 1. The Morgan fingerprint density at radius 2 is 2.05 bits per heavy atom. The molecule has 5 N–H and O–H groups in total. The summed E-state index contributed by atoms with van der Waals surface area (Å²) >= 11 is 10.5. The van der Waals surface area contributed by atoms with Gasteiger partial charge in [0.1, 0.15) is 11.9 Å². The van der Waals surface area contributed by atoms with Crippen molar-refractivity contribution < 1.29 is 23.9 Å². The van der Waals surface area contributed by atoms with Gasteiger partial charge in [-0.15, -0.1) is 0 Å². The molecule has 1 aromatic carbocycles. The van der Waals surface area contributed by atoms with Crippen LogP contribution in [0.25, 0.3) is 5.57 Å². The zero-order valence-corrected chi connectivity index (χ0v) is 22.6. The molecule has 38 heavy (non-hydrogen) atoms. The third-order valence-corrected chi connectivity index (χ3v) is 7.11. The Hall–Kier alpha value is -3.08. The van der Waals surface area contributed by atoms with Crippen LogP contribution >= 0.6 is 24.2 Å². The van der Waals surface area contributed by atoms with Crippen LogP contribution in [0.15, 0.2) is 65.4 Å². The van der Waals surface area contributed by atoms with E-state index in [1.54, 1.807) is 41.3 Å². The summed E-state index contributed by atoms with van der Waals surface area (Å²) in [6.45, 7) is 5.75. The molecule has 1 aromatic rings. The standard InChI is InChI=1S/C27H32ClFN4O4S/c1-3-6-22(27(36)37)31-25(34)13-33-15(2)23(32-26(35)21(30)14-38)12-18(17-7-4-5-8-20(17)29)19-11-16(28)9-10-24(19)33/h4-5,7-9,11-12,21-24,38H,2-3,6,10,13-14,30H2,1H3,(H,31,34)(H,32,35)(H,36,37)/t21?,22?,23?,24-/m1/s1. The van der Waals surface area contributed by atoms with Gasteiger partial charge in [-0.25, -0.2) is 9.18 Å². The number of carboxylic acid groups (broad SMARTS) is 1. The van der Waals surface area contributed by atoms with Gasteiger partial charge in [-0.1, -0.05) is 55.8 Å². The second kappa shape index (κ2) is 13.1. The molecule has 0 spiro atoms. The van der Waals surface area contributed by atoms with Crippen LogP contribution < -0.4 is 16.4 Å². The first-order valence-electron chi connectivity index (χ1n) is 12.3. The maximum absolute atomic E-state index is 15.0. The highest BCUT2D eigenvalue weighted by molar-refractivity contribution is 7.80. The first-order valence-corrected chi connectivity index (χ1v) is 13.3. The van der Waals surface area contributed by atoms with Gasteiger partial charge in [-0.05, 0) is 42.2 Å². The van der Waals surface area contributed by atoms with Crippen LogP contribution in [0.1, 0.15) is 31.7 Å². The van der Waals surface area contributed by atoms with E-state index in [0.29, 0.717) is 40.3 Å². The average Bonchev–Trinajstić information content (AvgIpc) is 2.98. The van der Waals surface area contributed by atoms with Crippen molar-refractivity contribution in [2.45, 2.75) is 50.4 Å². The molecule has 2 aliphatic rings. The quantitative estimate of drug-likeness (QED) is 0.279. The third kappa shape index (κ3) is 6.86. The van der Waals surface area contributed by atoms with Crippen LogP contribution in [0.5, 0.6) is 0 Å². The summed E-state index contributed by atoms with van der Waals surface area (Å²) in [6, 6.07) is 2.94. The van der Waals surface area contributed by atoms with Crippen molar-refractivity contribution in [1.29, 1.82) is 0 Å². The zero-order valence-electron chi connectivity index (χ0n) is 21.0. The Morgan fingerprint density at radius 3 is 2.68 bits per heavy atom. The Bertz CT molecular complexity index is 1200. The van der Waals surface area contributed by atoms with Crippen molar-refractivity contribution in [2.75, 3.05) is 12.3 Å². The van der Waals surface area contributed by atoms with Gasteiger partial charge in [0.05, 0.1) is 24.7 Å². The molecule has 11 heteroatoms. The molecule has 0 saturated heterocycles. The fraction of sp³-hybridized carbons (Fsp3) is 0.370. The van der Waals surface area contributed by atoms with Crippen LogP contribution in [-0.2, 0) is 14.4 Å². The van der Waals surface area contributed by atoms with Crippen LogP contribution in [-0.4, -0.2) is 64.3 Å². The van der Waals surface area contributed by atoms with Crippen molar-refractivity contribution >= 4 is 47.6 Å². The van der Waals surface area contributed by atoms with Gasteiger partial charge in [0.15, 0.2) is 0 Å². The molecule has 0 bridgehead atoms. The number of nitrogens with two attached hydrogens (primary N) is 1. The Morgan fingerprint density at radius 1 is 1.34 bits per heavy atom. The molecule has 204 valence electrons. The minimum atomic E-state index is -1.13. The number of benzene rings is 1. The number of allylic oxidation sites excluding steroid dienone is 2. The summed E-state index contributed by atoms with van der Waals surface area (Å²) < 4.78 is 15.0. The van der Waals surface area contributed by atoms with Crippen LogP contribution in [0.3, 0.4) is 0 Å². The SMILES string of the molecule is C=C1C(NC(=O)C(N)CS)C=C(c2ccccc2F)C2=CC(Cl)=CC[C@H]2N1CC(=O)NC(CCC)C(=O)O. The molecule has 8 nitrogen and oxygen atoms in total. The summed E-state index contributed by atoms with van der Waals surface area (Å²) in [5, 5.41) is 15.3. The molecule has 3 rings (SSSR count). The molecule has 4 atom stereocenters. The minimum Gasteiger partial charge on any atom is -0.480 e. The normalized spacial score (nSPS) is 20.7. The highest BCUT2D eigenvalue weighted by atomic mass is 35.5. The predicted molar refractivity (Wildman–Crippen MR) is 149 cm³/mol. The van der Waals surface area contributed by atoms with Gasteiger partial charge in [0.2, 0.25) is 11.8 Å². The van der Waals surface area contributed by atoms with E-state index in [1.807, 2.05) is 6.92 Å². The molecule has 1 aliphatic carbocycles. The average molecular weight is 563 g/mol. The smallest absolute Gasteiger partial charge is 0.326 e. The fourth-order valence-electron chi connectivity index (χ4n) is 4.49. The third-order valence-electron chi connectivity index (χ3n) is 6.46. The summed E-state index contributed by atoms with van der Waals surface area (Å²) in [4.78, 5) is 39.1. The second-order valence-electron chi connectivity index (χ2n) is 9.14. The molecule has 1 heterocycles. The number of carbonyl (C=O) groups excluding carboxylic acids is 2. The summed E-state index contributed by atoms with van der Waals surface area (Å²) in [6.07, 6.45) is 6.37. The highest BCUT2D eigenvalue weighted by Gasteiger charge is 2.36. The van der Waals surface area contributed by atoms with E-state index in [4.69, 9.17) is 17.3 Å². The van der Waals surface area contributed by atoms with Crippen LogP contribution in [0.2, 0.25) is 0 Å². The number of aliphatic carboxylic acids is 1. The van der Waals surface area contributed by atoms with E-state index in [1.165, 1.54) is 6.07 Å². The van der Waals surface area contributed by atoms with Gasteiger partial charge in [-0.2, -0.15) is 12.6 Å². The van der Waals surface area contributed by atoms with E-state index < -0.39 is 47.8 Å². The Kier molecular flexibility index (Phi) is 10.2. The van der Waals surface area contributed by atoms with Gasteiger partial charge >= 0.3 is 5.97 Å². The minimum absolute atomic E-state index is 0.0995.